The van der Waals surface area contributed by atoms with Crippen molar-refractivity contribution in [3.05, 3.63) is 47.3 Å². The van der Waals surface area contributed by atoms with Gasteiger partial charge in [0.25, 0.3) is 0 Å². The molecule has 1 aromatic heterocycles. The molecule has 1 unspecified atom stereocenters. The first-order chi connectivity index (χ1) is 10.5. The van der Waals surface area contributed by atoms with E-state index in [0.29, 0.717) is 5.75 Å². The van der Waals surface area contributed by atoms with Gasteiger partial charge in [-0.1, -0.05) is 60.6 Å². The summed E-state index contributed by atoms with van der Waals surface area (Å²) < 4.78 is 0. The Morgan fingerprint density at radius 2 is 1.30 bits per heavy atom. The number of aromatic hydroxyl groups is 1. The fourth-order valence-electron chi connectivity index (χ4n) is 2.67. The zero-order chi connectivity index (χ0) is 17.4. The molecule has 0 aliphatic carbocycles. The number of nitrogens with zero attached hydrogens (tertiary/aromatic N) is 3. The maximum absolute atomic E-state index is 10.8. The van der Waals surface area contributed by atoms with E-state index in [2.05, 4.69) is 75.6 Å². The molecule has 0 spiro atoms. The van der Waals surface area contributed by atoms with Crippen LogP contribution < -0.4 is 0 Å². The number of rotatable bonds is 2. The first-order valence-electron chi connectivity index (χ1n) is 8.01. The topological polar surface area (TPSA) is 58.9 Å². The zero-order valence-electron chi connectivity index (χ0n) is 15.2. The van der Waals surface area contributed by atoms with Crippen molar-refractivity contribution < 1.29 is 5.11 Å². The predicted molar refractivity (Wildman–Crippen MR) is 92.9 cm³/mol. The average Bonchev–Trinajstić information content (AvgIpc) is 2.45. The highest BCUT2D eigenvalue weighted by atomic mass is 16.3. The number of hydrogen-bond acceptors (Lipinski definition) is 4. The molecule has 0 amide bonds. The molecule has 124 valence electrons. The van der Waals surface area contributed by atoms with Crippen molar-refractivity contribution in [2.24, 2.45) is 0 Å². The molecule has 0 bridgehead atoms. The second kappa shape index (κ2) is 5.91. The molecule has 1 aromatic carbocycles. The SMILES string of the molecule is CC(c1cc(C(C)(C)C)c(O)c(C(C)(C)C)c1)c1ncncn1. The number of benzene rings is 1. The third-order valence-corrected chi connectivity index (χ3v) is 4.15. The van der Waals surface area contributed by atoms with Gasteiger partial charge >= 0.3 is 0 Å². The average molecular weight is 313 g/mol. The van der Waals surface area contributed by atoms with Crippen LogP contribution in [0.4, 0.5) is 0 Å². The van der Waals surface area contributed by atoms with E-state index in [9.17, 15) is 5.11 Å². The maximum atomic E-state index is 10.8. The number of hydrogen-bond donors (Lipinski definition) is 1. The van der Waals surface area contributed by atoms with Gasteiger partial charge in [-0.3, -0.25) is 0 Å². The van der Waals surface area contributed by atoms with Crippen molar-refractivity contribution >= 4 is 0 Å². The fraction of sp³-hybridized carbons (Fsp3) is 0.526. The van der Waals surface area contributed by atoms with Crippen molar-refractivity contribution in [3.63, 3.8) is 0 Å². The monoisotopic (exact) mass is 313 g/mol. The highest BCUT2D eigenvalue weighted by Gasteiger charge is 2.28. The Balaban J connectivity index is 2.65. The van der Waals surface area contributed by atoms with Crippen LogP contribution in [0.3, 0.4) is 0 Å². The summed E-state index contributed by atoms with van der Waals surface area (Å²) in [6.45, 7) is 14.8. The third-order valence-electron chi connectivity index (χ3n) is 4.15. The molecule has 4 nitrogen and oxygen atoms in total. The van der Waals surface area contributed by atoms with Gasteiger partial charge in [0.2, 0.25) is 0 Å². The quantitative estimate of drug-likeness (QED) is 0.897. The first-order valence-corrected chi connectivity index (χ1v) is 8.01. The van der Waals surface area contributed by atoms with Crippen LogP contribution in [-0.2, 0) is 10.8 Å². The van der Waals surface area contributed by atoms with E-state index in [-0.39, 0.29) is 16.7 Å². The lowest BCUT2D eigenvalue weighted by molar-refractivity contribution is 0.422. The Kier molecular flexibility index (Phi) is 4.47. The molecule has 1 heterocycles. The van der Waals surface area contributed by atoms with Crippen LogP contribution in [0.25, 0.3) is 0 Å². The molecule has 23 heavy (non-hydrogen) atoms. The van der Waals surface area contributed by atoms with Crippen LogP contribution in [-0.4, -0.2) is 20.1 Å². The van der Waals surface area contributed by atoms with Crippen molar-refractivity contribution in [1.29, 1.82) is 0 Å². The normalized spacial score (nSPS) is 13.9. The predicted octanol–water partition coefficient (Wildman–Crippen LogP) is 4.32. The Morgan fingerprint density at radius 1 is 0.870 bits per heavy atom. The molecule has 1 N–H and O–H groups in total. The largest absolute Gasteiger partial charge is 0.507 e. The Bertz CT molecular complexity index is 647. The van der Waals surface area contributed by atoms with Gasteiger partial charge in [-0.05, 0) is 27.5 Å². The lowest BCUT2D eigenvalue weighted by Gasteiger charge is -2.29. The molecule has 0 aliphatic heterocycles. The van der Waals surface area contributed by atoms with Crippen LogP contribution in [0.5, 0.6) is 5.75 Å². The van der Waals surface area contributed by atoms with Gasteiger partial charge in [-0.25, -0.2) is 15.0 Å². The smallest absolute Gasteiger partial charge is 0.139 e. The van der Waals surface area contributed by atoms with Gasteiger partial charge < -0.3 is 5.11 Å². The molecule has 1 atom stereocenters. The minimum Gasteiger partial charge on any atom is -0.507 e. The van der Waals surface area contributed by atoms with Crippen LogP contribution in [0.1, 0.15) is 76.9 Å². The van der Waals surface area contributed by atoms with Gasteiger partial charge in [-0.2, -0.15) is 0 Å². The molecule has 0 saturated heterocycles. The van der Waals surface area contributed by atoms with Gasteiger partial charge in [0, 0.05) is 5.92 Å². The molecule has 0 fully saturated rings. The molecule has 0 aliphatic rings. The first kappa shape index (κ1) is 17.4. The van der Waals surface area contributed by atoms with E-state index in [1.807, 2.05) is 0 Å². The number of phenolic OH excluding ortho intramolecular Hbond substituents is 1. The van der Waals surface area contributed by atoms with Gasteiger partial charge in [-0.15, -0.1) is 0 Å². The minimum atomic E-state index is -0.140. The third kappa shape index (κ3) is 3.69. The molecule has 2 aromatic rings. The molecule has 2 rings (SSSR count). The van der Waals surface area contributed by atoms with E-state index < -0.39 is 0 Å². The summed E-state index contributed by atoms with van der Waals surface area (Å²) in [4.78, 5) is 12.4. The van der Waals surface area contributed by atoms with E-state index in [4.69, 9.17) is 0 Å². The summed E-state index contributed by atoms with van der Waals surface area (Å²) in [5.41, 5.74) is 2.75. The summed E-state index contributed by atoms with van der Waals surface area (Å²) >= 11 is 0. The van der Waals surface area contributed by atoms with E-state index in [1.165, 1.54) is 12.7 Å². The fourth-order valence-corrected chi connectivity index (χ4v) is 2.67. The second-order valence-electron chi connectivity index (χ2n) is 8.18. The molecular formula is C19H27N3O. The Hall–Kier alpha value is -1.97. The van der Waals surface area contributed by atoms with Crippen molar-refractivity contribution in [2.45, 2.75) is 65.2 Å². The standard InChI is InChI=1S/C19H27N3O/c1-12(17-21-10-20-11-22-17)13-8-14(18(2,3)4)16(23)15(9-13)19(5,6)7/h8-12,23H,1-7H3. The van der Waals surface area contributed by atoms with Crippen molar-refractivity contribution in [3.8, 4) is 5.75 Å². The molecule has 0 saturated carbocycles. The Labute approximate surface area is 139 Å². The summed E-state index contributed by atoms with van der Waals surface area (Å²) in [6.07, 6.45) is 3.04. The van der Waals surface area contributed by atoms with E-state index in [0.717, 1.165) is 22.5 Å². The van der Waals surface area contributed by atoms with Gasteiger partial charge in [0.15, 0.2) is 0 Å². The van der Waals surface area contributed by atoms with E-state index in [1.54, 1.807) is 0 Å². The number of aromatic nitrogens is 3. The molecule has 4 heteroatoms. The van der Waals surface area contributed by atoms with Crippen LogP contribution in [0.2, 0.25) is 0 Å². The van der Waals surface area contributed by atoms with Gasteiger partial charge in [0.1, 0.15) is 24.2 Å². The summed E-state index contributed by atoms with van der Waals surface area (Å²) in [5, 5.41) is 10.8. The van der Waals surface area contributed by atoms with Crippen molar-refractivity contribution in [2.75, 3.05) is 0 Å². The second-order valence-corrected chi connectivity index (χ2v) is 8.18. The lowest BCUT2D eigenvalue weighted by atomic mass is 9.77. The van der Waals surface area contributed by atoms with Crippen molar-refractivity contribution in [1.82, 2.24) is 15.0 Å². The number of phenols is 1. The van der Waals surface area contributed by atoms with E-state index >= 15 is 0 Å². The Morgan fingerprint density at radius 3 is 1.70 bits per heavy atom. The highest BCUT2D eigenvalue weighted by Crippen LogP contribution is 2.41. The summed E-state index contributed by atoms with van der Waals surface area (Å²) in [7, 11) is 0. The van der Waals surface area contributed by atoms with Crippen LogP contribution in [0.15, 0.2) is 24.8 Å². The zero-order valence-corrected chi connectivity index (χ0v) is 15.2. The van der Waals surface area contributed by atoms with Crippen LogP contribution in [0, 0.1) is 0 Å². The highest BCUT2D eigenvalue weighted by molar-refractivity contribution is 5.51. The minimum absolute atomic E-state index is 0.0424. The van der Waals surface area contributed by atoms with Gasteiger partial charge in [0.05, 0.1) is 0 Å². The maximum Gasteiger partial charge on any atom is 0.139 e. The summed E-state index contributed by atoms with van der Waals surface area (Å²) in [5.74, 6) is 1.18. The summed E-state index contributed by atoms with van der Waals surface area (Å²) in [6, 6.07) is 4.16. The van der Waals surface area contributed by atoms with Crippen LogP contribution >= 0.6 is 0 Å². The molecule has 0 radical (unpaired) electrons. The molecular weight excluding hydrogens is 286 g/mol. The lowest BCUT2D eigenvalue weighted by Crippen LogP contribution is -2.18.